The van der Waals surface area contributed by atoms with Crippen LogP contribution < -0.4 is 10.3 Å². The molecule has 0 aliphatic rings. The van der Waals surface area contributed by atoms with Crippen molar-refractivity contribution >= 4 is 21.6 Å². The van der Waals surface area contributed by atoms with Crippen LogP contribution in [0.1, 0.15) is 21.7 Å². The average molecular weight is 391 g/mol. The molecule has 0 atom stereocenters. The Kier molecular flexibility index (Phi) is 4.73. The third kappa shape index (κ3) is 3.31. The highest BCUT2D eigenvalue weighted by Gasteiger charge is 2.17. The number of benzene rings is 2. The van der Waals surface area contributed by atoms with Crippen molar-refractivity contribution in [3.63, 3.8) is 0 Å². The second-order valence-electron chi connectivity index (χ2n) is 6.88. The van der Waals surface area contributed by atoms with E-state index in [1.165, 1.54) is 16.0 Å². The highest BCUT2D eigenvalue weighted by Crippen LogP contribution is 2.31. The van der Waals surface area contributed by atoms with Crippen LogP contribution in [0.25, 0.3) is 21.5 Å². The van der Waals surface area contributed by atoms with Crippen LogP contribution in [-0.2, 0) is 6.54 Å². The lowest BCUT2D eigenvalue weighted by Gasteiger charge is -2.11. The summed E-state index contributed by atoms with van der Waals surface area (Å²) in [7, 11) is 1.64. The number of thiazole rings is 1. The van der Waals surface area contributed by atoms with Crippen LogP contribution in [0, 0.1) is 20.8 Å². The second kappa shape index (κ2) is 7.20. The number of rotatable bonds is 4. The number of hydrogen-bond acceptors (Lipinski definition) is 5. The SMILES string of the molecule is COc1cccc(-c2nn(Cc3cc(C)ccc3C)c(=O)c3nc(C)sc23)c1. The highest BCUT2D eigenvalue weighted by atomic mass is 32.1. The van der Waals surface area contributed by atoms with Crippen LogP contribution in [-0.4, -0.2) is 21.9 Å². The maximum Gasteiger partial charge on any atom is 0.294 e. The smallest absolute Gasteiger partial charge is 0.294 e. The maximum atomic E-state index is 13.1. The molecule has 0 saturated heterocycles. The quantitative estimate of drug-likeness (QED) is 0.514. The van der Waals surface area contributed by atoms with Gasteiger partial charge in [0.25, 0.3) is 5.56 Å². The molecule has 28 heavy (non-hydrogen) atoms. The molecule has 4 aromatic rings. The second-order valence-corrected chi connectivity index (χ2v) is 8.09. The summed E-state index contributed by atoms with van der Waals surface area (Å²) in [5.41, 5.74) is 5.35. The Bertz CT molecular complexity index is 1240. The van der Waals surface area contributed by atoms with Gasteiger partial charge in [-0.05, 0) is 44.0 Å². The van der Waals surface area contributed by atoms with Crippen LogP contribution in [0.5, 0.6) is 5.75 Å². The molecule has 0 unspecified atom stereocenters. The Balaban J connectivity index is 1.94. The Morgan fingerprint density at radius 2 is 1.93 bits per heavy atom. The van der Waals surface area contributed by atoms with Gasteiger partial charge in [-0.15, -0.1) is 11.3 Å². The predicted octanol–water partition coefficient (Wildman–Crippen LogP) is 4.50. The molecule has 4 rings (SSSR count). The lowest BCUT2D eigenvalue weighted by Crippen LogP contribution is -2.24. The fourth-order valence-corrected chi connectivity index (χ4v) is 4.18. The summed E-state index contributed by atoms with van der Waals surface area (Å²) in [5.74, 6) is 0.751. The zero-order chi connectivity index (χ0) is 19.8. The topological polar surface area (TPSA) is 57.0 Å². The van der Waals surface area contributed by atoms with Crippen LogP contribution in [0.15, 0.2) is 47.3 Å². The Hall–Kier alpha value is -2.99. The number of aryl methyl sites for hydroxylation is 3. The van der Waals surface area contributed by atoms with Gasteiger partial charge in [0.05, 0.1) is 23.4 Å². The zero-order valence-corrected chi connectivity index (χ0v) is 17.1. The third-order valence-corrected chi connectivity index (χ3v) is 5.75. The van der Waals surface area contributed by atoms with Crippen LogP contribution in [0.2, 0.25) is 0 Å². The summed E-state index contributed by atoms with van der Waals surface area (Å²) >= 11 is 1.49. The van der Waals surface area contributed by atoms with Gasteiger partial charge in [-0.1, -0.05) is 35.9 Å². The van der Waals surface area contributed by atoms with Gasteiger partial charge < -0.3 is 4.74 Å². The molecule has 0 spiro atoms. The number of fused-ring (bicyclic) bond motifs is 1. The normalized spacial score (nSPS) is 11.1. The van der Waals surface area contributed by atoms with Crippen molar-refractivity contribution < 1.29 is 4.74 Å². The minimum atomic E-state index is -0.160. The molecule has 0 N–H and O–H groups in total. The molecule has 0 radical (unpaired) electrons. The molecular weight excluding hydrogens is 370 g/mol. The minimum Gasteiger partial charge on any atom is -0.497 e. The number of hydrogen-bond donors (Lipinski definition) is 0. The first-order valence-electron chi connectivity index (χ1n) is 9.05. The largest absolute Gasteiger partial charge is 0.497 e. The van der Waals surface area contributed by atoms with E-state index in [1.54, 1.807) is 7.11 Å². The lowest BCUT2D eigenvalue weighted by atomic mass is 10.1. The van der Waals surface area contributed by atoms with Gasteiger partial charge in [0.15, 0.2) is 5.52 Å². The first-order chi connectivity index (χ1) is 13.5. The Morgan fingerprint density at radius 1 is 1.11 bits per heavy atom. The Morgan fingerprint density at radius 3 is 2.71 bits per heavy atom. The minimum absolute atomic E-state index is 0.160. The molecule has 2 heterocycles. The van der Waals surface area contributed by atoms with Gasteiger partial charge in [-0.3, -0.25) is 4.79 Å². The molecule has 142 valence electrons. The van der Waals surface area contributed by atoms with Crippen LogP contribution in [0.4, 0.5) is 0 Å². The predicted molar refractivity (Wildman–Crippen MR) is 113 cm³/mol. The van der Waals surface area contributed by atoms with Gasteiger partial charge in [-0.2, -0.15) is 5.10 Å². The van der Waals surface area contributed by atoms with E-state index in [1.807, 2.05) is 45.0 Å². The van der Waals surface area contributed by atoms with E-state index in [-0.39, 0.29) is 5.56 Å². The van der Waals surface area contributed by atoms with Crippen molar-refractivity contribution in [2.75, 3.05) is 7.11 Å². The summed E-state index contributed by atoms with van der Waals surface area (Å²) < 4.78 is 7.70. The van der Waals surface area contributed by atoms with E-state index in [9.17, 15) is 4.79 Å². The standard InChI is InChI=1S/C22H21N3O2S/c1-13-8-9-14(2)17(10-13)12-25-22(26)20-21(28-15(3)23-20)19(24-25)16-6-5-7-18(11-16)27-4/h5-11H,12H2,1-4H3. The molecule has 0 aliphatic carbocycles. The van der Waals surface area contributed by atoms with E-state index < -0.39 is 0 Å². The van der Waals surface area contributed by atoms with Crippen molar-refractivity contribution in [1.82, 2.24) is 14.8 Å². The van der Waals surface area contributed by atoms with Crippen molar-refractivity contribution in [3.8, 4) is 17.0 Å². The third-order valence-electron chi connectivity index (χ3n) is 4.77. The molecule has 6 heteroatoms. The summed E-state index contributed by atoms with van der Waals surface area (Å²) in [5, 5.41) is 5.59. The molecule has 0 amide bonds. The van der Waals surface area contributed by atoms with Crippen LogP contribution >= 0.6 is 11.3 Å². The summed E-state index contributed by atoms with van der Waals surface area (Å²) in [6, 6.07) is 14.0. The van der Waals surface area contributed by atoms with Gasteiger partial charge in [0, 0.05) is 5.56 Å². The zero-order valence-electron chi connectivity index (χ0n) is 16.3. The summed E-state index contributed by atoms with van der Waals surface area (Å²) in [4.78, 5) is 17.6. The van der Waals surface area contributed by atoms with Crippen molar-refractivity contribution in [3.05, 3.63) is 74.5 Å². The van der Waals surface area contributed by atoms with Gasteiger partial charge in [0.2, 0.25) is 0 Å². The number of aromatic nitrogens is 3. The number of methoxy groups -OCH3 is 1. The summed E-state index contributed by atoms with van der Waals surface area (Å²) in [6.07, 6.45) is 0. The fourth-order valence-electron chi connectivity index (χ4n) is 3.26. The van der Waals surface area contributed by atoms with Gasteiger partial charge in [0.1, 0.15) is 11.4 Å². The maximum absolute atomic E-state index is 13.1. The van der Waals surface area contributed by atoms with Crippen molar-refractivity contribution in [2.45, 2.75) is 27.3 Å². The first-order valence-corrected chi connectivity index (χ1v) is 9.86. The first kappa shape index (κ1) is 18.4. The molecule has 0 bridgehead atoms. The number of nitrogens with zero attached hydrogens (tertiary/aromatic N) is 3. The van der Waals surface area contributed by atoms with Crippen LogP contribution in [0.3, 0.4) is 0 Å². The van der Waals surface area contributed by atoms with Gasteiger partial charge in [-0.25, -0.2) is 9.67 Å². The molecule has 5 nitrogen and oxygen atoms in total. The van der Waals surface area contributed by atoms with Crippen molar-refractivity contribution in [2.24, 2.45) is 0 Å². The van der Waals surface area contributed by atoms with E-state index in [0.717, 1.165) is 43.4 Å². The molecule has 0 fully saturated rings. The number of ether oxygens (including phenoxy) is 1. The van der Waals surface area contributed by atoms with E-state index in [4.69, 9.17) is 9.84 Å². The van der Waals surface area contributed by atoms with E-state index in [2.05, 4.69) is 23.2 Å². The van der Waals surface area contributed by atoms with Crippen molar-refractivity contribution in [1.29, 1.82) is 0 Å². The molecule has 0 aliphatic heterocycles. The van der Waals surface area contributed by atoms with Gasteiger partial charge >= 0.3 is 0 Å². The molecule has 0 saturated carbocycles. The average Bonchev–Trinajstić information content (AvgIpc) is 3.08. The monoisotopic (exact) mass is 391 g/mol. The fraction of sp³-hybridized carbons (Fsp3) is 0.227. The van der Waals surface area contributed by atoms with E-state index in [0.29, 0.717) is 12.1 Å². The van der Waals surface area contributed by atoms with E-state index >= 15 is 0 Å². The molecule has 2 aromatic heterocycles. The molecular formula is C22H21N3O2S. The summed E-state index contributed by atoms with van der Waals surface area (Å²) in [6.45, 7) is 6.42. The molecule has 2 aromatic carbocycles. The Labute approximate surface area is 167 Å². The lowest BCUT2D eigenvalue weighted by molar-refractivity contribution is 0.415. The highest BCUT2D eigenvalue weighted by molar-refractivity contribution is 7.19.